The minimum absolute atomic E-state index is 0.151. The van der Waals surface area contributed by atoms with E-state index >= 15 is 0 Å². The molecule has 0 N–H and O–H groups in total. The van der Waals surface area contributed by atoms with Gasteiger partial charge in [-0.15, -0.1) is 0 Å². The van der Waals surface area contributed by atoms with Gasteiger partial charge in [0.15, 0.2) is 15.0 Å². The Hall–Kier alpha value is -3.24. The van der Waals surface area contributed by atoms with Gasteiger partial charge >= 0.3 is 0 Å². The highest BCUT2D eigenvalue weighted by atomic mass is 32.2. The molecule has 178 valence electrons. The van der Waals surface area contributed by atoms with Crippen LogP contribution in [-0.2, 0) is 21.2 Å². The summed E-state index contributed by atoms with van der Waals surface area (Å²) in [5.41, 5.74) is 3.02. The molecule has 0 spiro atoms. The Morgan fingerprint density at radius 3 is 2.62 bits per heavy atom. The zero-order chi connectivity index (χ0) is 24.3. The minimum Gasteiger partial charge on any atom is -0.497 e. The number of thiazole rings is 1. The molecule has 2 aromatic carbocycles. The van der Waals surface area contributed by atoms with E-state index in [1.807, 2.05) is 32.2 Å². The number of benzene rings is 2. The van der Waals surface area contributed by atoms with Crippen LogP contribution in [-0.4, -0.2) is 48.5 Å². The third-order valence-electron chi connectivity index (χ3n) is 5.47. The summed E-state index contributed by atoms with van der Waals surface area (Å²) >= 11 is 1.43. The van der Waals surface area contributed by atoms with Gasteiger partial charge < -0.3 is 4.74 Å². The molecule has 0 unspecified atom stereocenters. The molecular weight excluding hydrogens is 472 g/mol. The Kier molecular flexibility index (Phi) is 6.99. The van der Waals surface area contributed by atoms with Crippen molar-refractivity contribution in [3.63, 3.8) is 0 Å². The largest absolute Gasteiger partial charge is 0.497 e. The van der Waals surface area contributed by atoms with Gasteiger partial charge in [0.25, 0.3) is 0 Å². The van der Waals surface area contributed by atoms with Crippen LogP contribution in [0, 0.1) is 13.8 Å². The number of aryl methyl sites for hydroxylation is 2. The predicted molar refractivity (Wildman–Crippen MR) is 133 cm³/mol. The molecule has 0 atom stereocenters. The Labute approximate surface area is 202 Å². The number of ether oxygens (including phenoxy) is 1. The fourth-order valence-corrected chi connectivity index (χ4v) is 6.11. The normalized spacial score (nSPS) is 11.6. The van der Waals surface area contributed by atoms with Gasteiger partial charge in [0, 0.05) is 25.4 Å². The van der Waals surface area contributed by atoms with E-state index in [-0.39, 0.29) is 23.0 Å². The van der Waals surface area contributed by atoms with Crippen molar-refractivity contribution >= 4 is 42.4 Å². The zero-order valence-corrected chi connectivity index (χ0v) is 20.9. The number of carbonyl (C=O) groups is 1. The molecular formula is C24H26N4O4S2. The molecule has 1 amide bonds. The molecule has 0 saturated heterocycles. The number of hydrogen-bond donors (Lipinski definition) is 0. The quantitative estimate of drug-likeness (QED) is 0.346. The number of hydrogen-bond acceptors (Lipinski definition) is 7. The Morgan fingerprint density at radius 2 is 1.94 bits per heavy atom. The number of aromatic nitrogens is 3. The molecule has 0 aliphatic rings. The number of methoxy groups -OCH3 is 1. The molecule has 34 heavy (non-hydrogen) atoms. The van der Waals surface area contributed by atoms with E-state index in [4.69, 9.17) is 9.72 Å². The molecule has 0 bridgehead atoms. The number of nitrogens with zero attached hydrogens (tertiary/aromatic N) is 4. The third kappa shape index (κ3) is 5.28. The lowest BCUT2D eigenvalue weighted by molar-refractivity contribution is -0.118. The van der Waals surface area contributed by atoms with Crippen molar-refractivity contribution in [1.29, 1.82) is 0 Å². The van der Waals surface area contributed by atoms with E-state index in [2.05, 4.69) is 11.2 Å². The van der Waals surface area contributed by atoms with Crippen LogP contribution >= 0.6 is 11.3 Å². The Morgan fingerprint density at radius 1 is 1.18 bits per heavy atom. The van der Waals surface area contributed by atoms with Crippen molar-refractivity contribution < 1.29 is 17.9 Å². The Balaban J connectivity index is 1.56. The molecule has 4 aromatic rings. The first kappa shape index (κ1) is 23.9. The summed E-state index contributed by atoms with van der Waals surface area (Å²) in [5.74, 6) is -0.0155. The average molecular weight is 499 g/mol. The van der Waals surface area contributed by atoms with Crippen LogP contribution in [0.3, 0.4) is 0 Å². The van der Waals surface area contributed by atoms with Crippen LogP contribution in [0.1, 0.15) is 17.5 Å². The number of sulfone groups is 1. The maximum atomic E-state index is 13.3. The maximum Gasteiger partial charge on any atom is 0.229 e. The van der Waals surface area contributed by atoms with Gasteiger partial charge in [-0.25, -0.2) is 13.4 Å². The standard InChI is InChI=1S/C24H26N4O4S2/c1-17-15-18(2)23-21(16-17)33-24(26-23)28(13-12-27-11-4-10-25-27)22(29)9-14-34(30,31)20-7-5-19(32-3)6-8-20/h4-8,10-11,15-16H,9,12-14H2,1-3H3. The number of amides is 1. The summed E-state index contributed by atoms with van der Waals surface area (Å²) in [5, 5.41) is 4.76. The first-order valence-electron chi connectivity index (χ1n) is 10.8. The van der Waals surface area contributed by atoms with Gasteiger partial charge in [0.1, 0.15) is 5.75 Å². The van der Waals surface area contributed by atoms with Gasteiger partial charge in [-0.2, -0.15) is 5.10 Å². The first-order chi connectivity index (χ1) is 16.3. The molecule has 2 aromatic heterocycles. The van der Waals surface area contributed by atoms with Crippen LogP contribution in [0.2, 0.25) is 0 Å². The van der Waals surface area contributed by atoms with Gasteiger partial charge in [-0.1, -0.05) is 17.4 Å². The molecule has 0 aliphatic carbocycles. The fourth-order valence-electron chi connectivity index (χ4n) is 3.69. The summed E-state index contributed by atoms with van der Waals surface area (Å²) < 4.78 is 33.5. The summed E-state index contributed by atoms with van der Waals surface area (Å²) in [6.07, 6.45) is 3.35. The topological polar surface area (TPSA) is 94.4 Å². The van der Waals surface area contributed by atoms with Crippen molar-refractivity contribution in [1.82, 2.24) is 14.8 Å². The second-order valence-corrected chi connectivity index (χ2v) is 11.1. The highest BCUT2D eigenvalue weighted by Gasteiger charge is 2.24. The van der Waals surface area contributed by atoms with E-state index in [9.17, 15) is 13.2 Å². The van der Waals surface area contributed by atoms with Gasteiger partial charge in [0.05, 0.1) is 34.5 Å². The first-order valence-corrected chi connectivity index (χ1v) is 13.3. The number of anilines is 1. The number of fused-ring (bicyclic) bond motifs is 1. The zero-order valence-electron chi connectivity index (χ0n) is 19.3. The summed E-state index contributed by atoms with van der Waals surface area (Å²) in [6, 6.07) is 12.1. The molecule has 2 heterocycles. The molecule has 0 fully saturated rings. The van der Waals surface area contributed by atoms with Gasteiger partial charge in [-0.3, -0.25) is 14.4 Å². The highest BCUT2D eigenvalue weighted by Crippen LogP contribution is 2.32. The summed E-state index contributed by atoms with van der Waals surface area (Å²) in [6.45, 7) is 4.82. The van der Waals surface area contributed by atoms with Crippen LogP contribution in [0.25, 0.3) is 10.2 Å². The van der Waals surface area contributed by atoms with Crippen molar-refractivity contribution in [3.8, 4) is 5.75 Å². The molecule has 4 rings (SSSR count). The maximum absolute atomic E-state index is 13.3. The smallest absolute Gasteiger partial charge is 0.229 e. The number of carbonyl (C=O) groups excluding carboxylic acids is 1. The fraction of sp³-hybridized carbons (Fsp3) is 0.292. The molecule has 10 heteroatoms. The third-order valence-corrected chi connectivity index (χ3v) is 8.22. The van der Waals surface area contributed by atoms with E-state index in [1.165, 1.54) is 30.6 Å². The van der Waals surface area contributed by atoms with Crippen molar-refractivity contribution in [2.45, 2.75) is 31.7 Å². The van der Waals surface area contributed by atoms with Crippen molar-refractivity contribution in [2.75, 3.05) is 24.3 Å². The lowest BCUT2D eigenvalue weighted by Crippen LogP contribution is -2.35. The molecule has 0 aliphatic heterocycles. The average Bonchev–Trinajstić information content (AvgIpc) is 3.48. The van der Waals surface area contributed by atoms with E-state index < -0.39 is 9.84 Å². The Bertz CT molecular complexity index is 1400. The SMILES string of the molecule is COc1ccc(S(=O)(=O)CCC(=O)N(CCn2cccn2)c2nc3c(C)cc(C)cc3s2)cc1. The van der Waals surface area contributed by atoms with Crippen LogP contribution in [0.15, 0.2) is 59.8 Å². The summed E-state index contributed by atoms with van der Waals surface area (Å²) in [7, 11) is -2.11. The van der Waals surface area contributed by atoms with Crippen molar-refractivity contribution in [3.05, 3.63) is 66.0 Å². The van der Waals surface area contributed by atoms with Crippen LogP contribution in [0.5, 0.6) is 5.75 Å². The second-order valence-electron chi connectivity index (χ2n) is 7.98. The van der Waals surface area contributed by atoms with Crippen LogP contribution < -0.4 is 9.64 Å². The van der Waals surface area contributed by atoms with E-state index in [1.54, 1.807) is 27.9 Å². The minimum atomic E-state index is -3.63. The molecule has 0 radical (unpaired) electrons. The summed E-state index contributed by atoms with van der Waals surface area (Å²) in [4.78, 5) is 19.8. The molecule has 8 nitrogen and oxygen atoms in total. The van der Waals surface area contributed by atoms with E-state index in [0.717, 1.165) is 21.3 Å². The predicted octanol–water partition coefficient (Wildman–Crippen LogP) is 4.02. The monoisotopic (exact) mass is 498 g/mol. The lowest BCUT2D eigenvalue weighted by Gasteiger charge is -2.20. The van der Waals surface area contributed by atoms with Gasteiger partial charge in [-0.05, 0) is 61.4 Å². The van der Waals surface area contributed by atoms with Crippen LogP contribution in [0.4, 0.5) is 5.13 Å². The number of rotatable bonds is 9. The van der Waals surface area contributed by atoms with Gasteiger partial charge in [0.2, 0.25) is 5.91 Å². The molecule has 0 saturated carbocycles. The second kappa shape index (κ2) is 9.94. The van der Waals surface area contributed by atoms with E-state index in [0.29, 0.717) is 24.0 Å². The lowest BCUT2D eigenvalue weighted by atomic mass is 10.1. The highest BCUT2D eigenvalue weighted by molar-refractivity contribution is 7.91. The van der Waals surface area contributed by atoms with Crippen molar-refractivity contribution in [2.24, 2.45) is 0 Å².